The van der Waals surface area contributed by atoms with Gasteiger partial charge in [0.1, 0.15) is 0 Å². The summed E-state index contributed by atoms with van der Waals surface area (Å²) in [5, 5.41) is 9.09. The van der Waals surface area contributed by atoms with E-state index in [4.69, 9.17) is 5.11 Å². The summed E-state index contributed by atoms with van der Waals surface area (Å²) in [6, 6.07) is 0. The fourth-order valence-electron chi connectivity index (χ4n) is 2.23. The molecule has 1 fully saturated rings. The summed E-state index contributed by atoms with van der Waals surface area (Å²) < 4.78 is 50.5. The predicted octanol–water partition coefficient (Wildman–Crippen LogP) is 2.24. The molecule has 0 saturated carbocycles. The summed E-state index contributed by atoms with van der Waals surface area (Å²) >= 11 is 0. The summed E-state index contributed by atoms with van der Waals surface area (Å²) in [5.74, 6) is -8.32. The second-order valence-corrected chi connectivity index (χ2v) is 5.54. The minimum atomic E-state index is -4.73. The highest BCUT2D eigenvalue weighted by atomic mass is 19.3. The maximum atomic E-state index is 13.0. The quantitative estimate of drug-likeness (QED) is 0.810. The zero-order valence-electron chi connectivity index (χ0n) is 11.2. The van der Waals surface area contributed by atoms with E-state index in [9.17, 15) is 27.2 Å². The topological polar surface area (TPSA) is 57.6 Å². The first-order valence-corrected chi connectivity index (χ1v) is 6.20. The molecule has 0 bridgehead atoms. The molecule has 1 unspecified atom stereocenters. The van der Waals surface area contributed by atoms with Crippen molar-refractivity contribution >= 4 is 11.9 Å². The van der Waals surface area contributed by atoms with Crippen molar-refractivity contribution in [3.63, 3.8) is 0 Å². The van der Waals surface area contributed by atoms with Crippen LogP contribution in [-0.2, 0) is 9.59 Å². The molecule has 1 rings (SSSR count). The van der Waals surface area contributed by atoms with E-state index in [1.165, 1.54) is 13.8 Å². The molecule has 1 saturated heterocycles. The van der Waals surface area contributed by atoms with Crippen LogP contribution >= 0.6 is 0 Å². The normalized spacial score (nSPS) is 21.1. The number of carboxylic acids is 1. The lowest BCUT2D eigenvalue weighted by molar-refractivity contribution is -0.183. The van der Waals surface area contributed by atoms with Crippen LogP contribution in [-0.4, -0.2) is 47.3 Å². The molecule has 1 N–H and O–H groups in total. The van der Waals surface area contributed by atoms with Gasteiger partial charge in [0.15, 0.2) is 0 Å². The number of halogens is 4. The predicted molar refractivity (Wildman–Crippen MR) is 61.7 cm³/mol. The van der Waals surface area contributed by atoms with Crippen LogP contribution < -0.4 is 0 Å². The number of carbonyl (C=O) groups is 2. The molecule has 0 spiro atoms. The summed E-state index contributed by atoms with van der Waals surface area (Å²) in [6.07, 6.45) is -3.31. The molecular weight excluding hydrogens is 282 g/mol. The van der Waals surface area contributed by atoms with Gasteiger partial charge < -0.3 is 10.0 Å². The number of nitrogens with zero attached hydrogens (tertiary/aromatic N) is 1. The molecule has 1 amide bonds. The van der Waals surface area contributed by atoms with E-state index in [1.807, 2.05) is 0 Å². The van der Waals surface area contributed by atoms with E-state index < -0.39 is 35.6 Å². The molecule has 116 valence electrons. The minimum absolute atomic E-state index is 0.0622. The molecule has 0 aromatic carbocycles. The van der Waals surface area contributed by atoms with Gasteiger partial charge in [-0.3, -0.25) is 9.59 Å². The van der Waals surface area contributed by atoms with Crippen LogP contribution in [0.1, 0.15) is 26.7 Å². The highest BCUT2D eigenvalue weighted by Crippen LogP contribution is 2.36. The van der Waals surface area contributed by atoms with E-state index >= 15 is 0 Å². The number of rotatable bonds is 4. The van der Waals surface area contributed by atoms with Gasteiger partial charge in [-0.1, -0.05) is 0 Å². The van der Waals surface area contributed by atoms with Crippen LogP contribution in [0.3, 0.4) is 0 Å². The van der Waals surface area contributed by atoms with Gasteiger partial charge in [0.25, 0.3) is 5.91 Å². The number of carboxylic acid groups (broad SMARTS) is 1. The van der Waals surface area contributed by atoms with Crippen molar-refractivity contribution in [3.05, 3.63) is 0 Å². The van der Waals surface area contributed by atoms with Gasteiger partial charge in [-0.25, -0.2) is 8.78 Å². The number of alkyl halides is 4. The van der Waals surface area contributed by atoms with Crippen molar-refractivity contribution in [2.75, 3.05) is 13.1 Å². The number of carbonyl (C=O) groups excluding carboxylic acids is 1. The monoisotopic (exact) mass is 299 g/mol. The number of aliphatic carboxylic acids is 1. The first-order valence-electron chi connectivity index (χ1n) is 6.20. The van der Waals surface area contributed by atoms with Gasteiger partial charge >= 0.3 is 18.3 Å². The van der Waals surface area contributed by atoms with Crippen molar-refractivity contribution in [2.45, 2.75) is 39.0 Å². The van der Waals surface area contributed by atoms with E-state index in [1.54, 1.807) is 0 Å². The first kappa shape index (κ1) is 16.7. The van der Waals surface area contributed by atoms with Gasteiger partial charge in [0.2, 0.25) is 0 Å². The van der Waals surface area contributed by atoms with Gasteiger partial charge in [-0.2, -0.15) is 8.78 Å². The van der Waals surface area contributed by atoms with Gasteiger partial charge in [-0.15, -0.1) is 0 Å². The second kappa shape index (κ2) is 5.57. The lowest BCUT2D eigenvalue weighted by Crippen LogP contribution is -2.53. The summed E-state index contributed by atoms with van der Waals surface area (Å²) in [6.45, 7) is 2.55. The smallest absolute Gasteiger partial charge is 0.383 e. The van der Waals surface area contributed by atoms with Crippen molar-refractivity contribution in [2.24, 2.45) is 11.3 Å². The number of piperidine rings is 1. The average molecular weight is 299 g/mol. The van der Waals surface area contributed by atoms with Crippen LogP contribution in [0.2, 0.25) is 0 Å². The largest absolute Gasteiger partial charge is 0.481 e. The number of hydrogen-bond donors (Lipinski definition) is 1. The van der Waals surface area contributed by atoms with Crippen LogP contribution in [0.15, 0.2) is 0 Å². The molecule has 1 aliphatic rings. The first-order chi connectivity index (χ1) is 9.01. The molecule has 1 heterocycles. The van der Waals surface area contributed by atoms with E-state index in [0.29, 0.717) is 17.7 Å². The standard InChI is InChI=1S/C12H17F4NO3/c1-11(2,10(19)20)7-4-3-5-17(6-7)9(18)12(15,16)8(13)14/h7-8H,3-6H2,1-2H3,(H,19,20). The molecule has 0 aromatic heterocycles. The molecule has 20 heavy (non-hydrogen) atoms. The van der Waals surface area contributed by atoms with Crippen LogP contribution in [0.5, 0.6) is 0 Å². The molecule has 0 aromatic rings. The zero-order chi connectivity index (χ0) is 15.7. The fraction of sp³-hybridized carbons (Fsp3) is 0.833. The third-order valence-electron chi connectivity index (χ3n) is 3.84. The Morgan fingerprint density at radius 2 is 1.85 bits per heavy atom. The second-order valence-electron chi connectivity index (χ2n) is 5.54. The maximum Gasteiger partial charge on any atom is 0.383 e. The highest BCUT2D eigenvalue weighted by Gasteiger charge is 2.52. The Kier molecular flexibility index (Phi) is 4.66. The Bertz CT molecular complexity index is 398. The van der Waals surface area contributed by atoms with Crippen molar-refractivity contribution in [3.8, 4) is 0 Å². The molecule has 8 heteroatoms. The van der Waals surface area contributed by atoms with Crippen molar-refractivity contribution < 1.29 is 32.3 Å². The lowest BCUT2D eigenvalue weighted by atomic mass is 9.74. The SMILES string of the molecule is CC(C)(C(=O)O)C1CCCN(C(=O)C(F)(F)C(F)F)C1. The Morgan fingerprint density at radius 1 is 1.30 bits per heavy atom. The van der Waals surface area contributed by atoms with Crippen molar-refractivity contribution in [1.29, 1.82) is 0 Å². The van der Waals surface area contributed by atoms with Crippen LogP contribution in [0.25, 0.3) is 0 Å². The van der Waals surface area contributed by atoms with Gasteiger partial charge in [0.05, 0.1) is 5.41 Å². The molecular formula is C12H17F4NO3. The third-order valence-corrected chi connectivity index (χ3v) is 3.84. The Balaban J connectivity index is 2.85. The molecule has 1 aliphatic heterocycles. The van der Waals surface area contributed by atoms with Gasteiger partial charge in [0, 0.05) is 13.1 Å². The third kappa shape index (κ3) is 3.04. The molecule has 4 nitrogen and oxygen atoms in total. The Labute approximate surface area is 113 Å². The zero-order valence-corrected chi connectivity index (χ0v) is 11.2. The molecule has 1 atom stereocenters. The van der Waals surface area contributed by atoms with Crippen LogP contribution in [0, 0.1) is 11.3 Å². The number of hydrogen-bond acceptors (Lipinski definition) is 2. The van der Waals surface area contributed by atoms with Gasteiger partial charge in [-0.05, 0) is 32.6 Å². The maximum absolute atomic E-state index is 13.0. The summed E-state index contributed by atoms with van der Waals surface area (Å²) in [7, 11) is 0. The van der Waals surface area contributed by atoms with E-state index in [2.05, 4.69) is 0 Å². The molecule has 0 radical (unpaired) electrons. The molecule has 0 aliphatic carbocycles. The summed E-state index contributed by atoms with van der Waals surface area (Å²) in [5.41, 5.74) is -1.21. The Hall–Kier alpha value is -1.34. The average Bonchev–Trinajstić information content (AvgIpc) is 2.37. The van der Waals surface area contributed by atoms with Crippen LogP contribution in [0.4, 0.5) is 17.6 Å². The Morgan fingerprint density at radius 3 is 2.30 bits per heavy atom. The minimum Gasteiger partial charge on any atom is -0.481 e. The fourth-order valence-corrected chi connectivity index (χ4v) is 2.23. The van der Waals surface area contributed by atoms with E-state index in [-0.39, 0.29) is 13.1 Å². The highest BCUT2D eigenvalue weighted by molar-refractivity contribution is 5.84. The summed E-state index contributed by atoms with van der Waals surface area (Å²) in [4.78, 5) is 23.2. The lowest BCUT2D eigenvalue weighted by Gasteiger charge is -2.40. The number of likely N-dealkylation sites (tertiary alicyclic amines) is 1. The number of amides is 1. The van der Waals surface area contributed by atoms with E-state index in [0.717, 1.165) is 0 Å². The van der Waals surface area contributed by atoms with Crippen molar-refractivity contribution in [1.82, 2.24) is 4.90 Å².